The summed E-state index contributed by atoms with van der Waals surface area (Å²) in [5.41, 5.74) is 0.764. The number of hydrogen-bond acceptors (Lipinski definition) is 4. The maximum atomic E-state index is 13.9. The Hall–Kier alpha value is -1.08. The molecule has 0 amide bonds. The first-order chi connectivity index (χ1) is 11.3. The smallest absolute Gasteiger partial charge is 0.140 e. The van der Waals surface area contributed by atoms with Crippen molar-refractivity contribution in [2.45, 2.75) is 49.9 Å². The van der Waals surface area contributed by atoms with E-state index in [0.717, 1.165) is 12.0 Å². The van der Waals surface area contributed by atoms with Crippen LogP contribution >= 0.6 is 0 Å². The summed E-state index contributed by atoms with van der Waals surface area (Å²) in [6.07, 6.45) is 3.76. The van der Waals surface area contributed by atoms with E-state index in [-0.39, 0.29) is 17.8 Å². The lowest BCUT2D eigenvalue weighted by Gasteiger charge is -2.30. The molecular formula is C18H26FNO3S. The lowest BCUT2D eigenvalue weighted by atomic mass is 9.86. The van der Waals surface area contributed by atoms with Crippen molar-refractivity contribution in [1.82, 2.24) is 0 Å². The third-order valence-electron chi connectivity index (χ3n) is 4.33. The molecule has 0 radical (unpaired) electrons. The standard InChI is InChI=1S/C18H26FNO3S/c1-4-5-13(11-18(2,3)24(20)21)16-10-14(19)6-7-17(16)23-15-8-9-22-12-15/h4,6-7,10,13,15H,1,5,8-9,11-12,20H2,2-3H3/t13-,15?,24?/m1/s1. The molecule has 4 nitrogen and oxygen atoms in total. The van der Waals surface area contributed by atoms with E-state index in [4.69, 9.17) is 14.6 Å². The van der Waals surface area contributed by atoms with Crippen LogP contribution in [0.15, 0.2) is 30.9 Å². The molecule has 1 saturated heterocycles. The minimum absolute atomic E-state index is 0.0183. The maximum Gasteiger partial charge on any atom is 0.140 e. The topological polar surface area (TPSA) is 67.5 Å². The number of ether oxygens (including phenoxy) is 2. The first kappa shape index (κ1) is 19.2. The summed E-state index contributed by atoms with van der Waals surface area (Å²) in [6.45, 7) is 8.72. The molecule has 0 aliphatic carbocycles. The SMILES string of the molecule is C=CC[C@H](CC(C)(C)[S+](N)[O-])c1cc(F)ccc1OC1CCOC1. The highest BCUT2D eigenvalue weighted by molar-refractivity contribution is 7.90. The Morgan fingerprint density at radius 2 is 2.33 bits per heavy atom. The molecule has 1 aromatic carbocycles. The minimum Gasteiger partial charge on any atom is -0.598 e. The van der Waals surface area contributed by atoms with Crippen LogP contribution in [0.5, 0.6) is 5.75 Å². The van der Waals surface area contributed by atoms with Crippen molar-refractivity contribution in [3.05, 3.63) is 42.2 Å². The Kier molecular flexibility index (Phi) is 6.69. The maximum absolute atomic E-state index is 13.9. The minimum atomic E-state index is -1.48. The molecule has 0 spiro atoms. The van der Waals surface area contributed by atoms with Gasteiger partial charge in [-0.2, -0.15) is 5.14 Å². The van der Waals surface area contributed by atoms with Gasteiger partial charge in [0.1, 0.15) is 22.4 Å². The highest BCUT2D eigenvalue weighted by Crippen LogP contribution is 2.38. The molecular weight excluding hydrogens is 329 g/mol. The lowest BCUT2D eigenvalue weighted by molar-refractivity contribution is 0.140. The summed E-state index contributed by atoms with van der Waals surface area (Å²) in [4.78, 5) is 0. The van der Waals surface area contributed by atoms with Crippen LogP contribution in [0.2, 0.25) is 0 Å². The van der Waals surface area contributed by atoms with Crippen molar-refractivity contribution in [3.63, 3.8) is 0 Å². The predicted molar refractivity (Wildman–Crippen MR) is 94.8 cm³/mol. The Morgan fingerprint density at radius 1 is 1.58 bits per heavy atom. The van der Waals surface area contributed by atoms with E-state index in [9.17, 15) is 8.94 Å². The van der Waals surface area contributed by atoms with Gasteiger partial charge in [-0.3, -0.25) is 0 Å². The largest absolute Gasteiger partial charge is 0.598 e. The van der Waals surface area contributed by atoms with E-state index >= 15 is 0 Å². The van der Waals surface area contributed by atoms with Crippen LogP contribution in [0.1, 0.15) is 44.6 Å². The Balaban J connectivity index is 2.29. The fraction of sp³-hybridized carbons (Fsp3) is 0.556. The summed E-state index contributed by atoms with van der Waals surface area (Å²) in [7, 11) is 0. The van der Waals surface area contributed by atoms with Gasteiger partial charge in [0, 0.05) is 29.8 Å². The Morgan fingerprint density at radius 3 is 2.92 bits per heavy atom. The molecule has 0 aromatic heterocycles. The second-order valence-corrected chi connectivity index (χ2v) is 8.47. The first-order valence-corrected chi connectivity index (χ1v) is 9.36. The number of benzene rings is 1. The van der Waals surface area contributed by atoms with Gasteiger partial charge < -0.3 is 14.0 Å². The molecule has 0 bridgehead atoms. The van der Waals surface area contributed by atoms with E-state index in [1.54, 1.807) is 12.1 Å². The molecule has 2 rings (SSSR count). The van der Waals surface area contributed by atoms with Crippen LogP contribution < -0.4 is 9.88 Å². The van der Waals surface area contributed by atoms with Crippen LogP contribution in [-0.4, -0.2) is 28.6 Å². The van der Waals surface area contributed by atoms with Crippen LogP contribution in [0, 0.1) is 5.82 Å². The average Bonchev–Trinajstić information content (AvgIpc) is 3.01. The third kappa shape index (κ3) is 4.96. The zero-order valence-corrected chi connectivity index (χ0v) is 15.1. The normalized spacial score (nSPS) is 20.6. The van der Waals surface area contributed by atoms with Crippen molar-refractivity contribution in [1.29, 1.82) is 0 Å². The Bertz CT molecular complexity index is 559. The highest BCUT2D eigenvalue weighted by atomic mass is 32.2. The molecule has 1 heterocycles. The first-order valence-electron chi connectivity index (χ1n) is 8.14. The molecule has 0 saturated carbocycles. The monoisotopic (exact) mass is 355 g/mol. The van der Waals surface area contributed by atoms with Gasteiger partial charge in [0.05, 0.1) is 13.2 Å². The van der Waals surface area contributed by atoms with Crippen molar-refractivity contribution >= 4 is 11.4 Å². The second kappa shape index (κ2) is 8.34. The predicted octanol–water partition coefficient (Wildman–Crippen LogP) is 3.44. The fourth-order valence-electron chi connectivity index (χ4n) is 2.93. The van der Waals surface area contributed by atoms with Crippen molar-refractivity contribution in [2.24, 2.45) is 5.14 Å². The number of halogens is 1. The van der Waals surface area contributed by atoms with Crippen LogP contribution in [0.3, 0.4) is 0 Å². The van der Waals surface area contributed by atoms with Crippen LogP contribution in [0.25, 0.3) is 0 Å². The molecule has 2 unspecified atom stereocenters. The Labute approximate surface area is 146 Å². The molecule has 2 N–H and O–H groups in total. The number of hydrogen-bond donors (Lipinski definition) is 1. The van der Waals surface area contributed by atoms with E-state index in [2.05, 4.69) is 6.58 Å². The van der Waals surface area contributed by atoms with Gasteiger partial charge in [-0.05, 0) is 44.4 Å². The zero-order chi connectivity index (χ0) is 17.7. The molecule has 24 heavy (non-hydrogen) atoms. The lowest BCUT2D eigenvalue weighted by Crippen LogP contribution is -2.39. The highest BCUT2D eigenvalue weighted by Gasteiger charge is 2.34. The third-order valence-corrected chi connectivity index (χ3v) is 5.58. The summed E-state index contributed by atoms with van der Waals surface area (Å²) in [6, 6.07) is 4.55. The molecule has 1 aliphatic rings. The molecule has 3 atom stereocenters. The van der Waals surface area contributed by atoms with E-state index in [0.29, 0.717) is 31.8 Å². The van der Waals surface area contributed by atoms with E-state index in [1.165, 1.54) is 12.1 Å². The van der Waals surface area contributed by atoms with Gasteiger partial charge in [-0.1, -0.05) is 6.08 Å². The van der Waals surface area contributed by atoms with Gasteiger partial charge >= 0.3 is 0 Å². The summed E-state index contributed by atoms with van der Waals surface area (Å²) in [5, 5.41) is 5.62. The average molecular weight is 355 g/mol. The quantitative estimate of drug-likeness (QED) is 0.573. The number of nitrogens with two attached hydrogens (primary N) is 1. The van der Waals surface area contributed by atoms with Crippen molar-refractivity contribution in [2.75, 3.05) is 13.2 Å². The molecule has 134 valence electrons. The van der Waals surface area contributed by atoms with Gasteiger partial charge in [-0.15, -0.1) is 6.58 Å². The number of allylic oxidation sites excluding steroid dienone is 1. The van der Waals surface area contributed by atoms with Crippen LogP contribution in [-0.2, 0) is 16.1 Å². The molecule has 1 aliphatic heterocycles. The van der Waals surface area contributed by atoms with Crippen LogP contribution in [0.4, 0.5) is 4.39 Å². The van der Waals surface area contributed by atoms with Gasteiger partial charge in [-0.25, -0.2) is 4.39 Å². The van der Waals surface area contributed by atoms with E-state index < -0.39 is 16.1 Å². The van der Waals surface area contributed by atoms with E-state index in [1.807, 2.05) is 13.8 Å². The zero-order valence-electron chi connectivity index (χ0n) is 14.3. The van der Waals surface area contributed by atoms with Gasteiger partial charge in [0.2, 0.25) is 0 Å². The summed E-state index contributed by atoms with van der Waals surface area (Å²) >= 11 is -1.48. The number of rotatable bonds is 8. The van der Waals surface area contributed by atoms with Gasteiger partial charge in [0.15, 0.2) is 0 Å². The molecule has 1 aromatic rings. The fourth-order valence-corrected chi connectivity index (χ4v) is 3.29. The summed E-state index contributed by atoms with van der Waals surface area (Å²) in [5.74, 6) is 0.260. The van der Waals surface area contributed by atoms with Gasteiger partial charge in [0.25, 0.3) is 0 Å². The summed E-state index contributed by atoms with van der Waals surface area (Å²) < 4.78 is 36.5. The second-order valence-electron chi connectivity index (χ2n) is 6.77. The molecule has 1 fully saturated rings. The van der Waals surface area contributed by atoms with Crippen molar-refractivity contribution < 1.29 is 18.4 Å². The molecule has 6 heteroatoms. The van der Waals surface area contributed by atoms with Crippen molar-refractivity contribution in [3.8, 4) is 5.75 Å².